The van der Waals surface area contributed by atoms with Gasteiger partial charge < -0.3 is 0 Å². The molecule has 2 aromatic rings. The molecule has 0 saturated carbocycles. The highest BCUT2D eigenvalue weighted by Crippen LogP contribution is 2.33. The molecule has 0 aromatic heterocycles. The van der Waals surface area contributed by atoms with Crippen molar-refractivity contribution in [2.24, 2.45) is 0 Å². The van der Waals surface area contributed by atoms with Gasteiger partial charge in [-0.25, -0.2) is 16.8 Å². The van der Waals surface area contributed by atoms with Crippen molar-refractivity contribution in [2.75, 3.05) is 0 Å². The van der Waals surface area contributed by atoms with Crippen molar-refractivity contribution in [3.05, 3.63) is 71.8 Å². The topological polar surface area (TPSA) is 92.1 Å². The molecule has 2 aromatic carbocycles. The van der Waals surface area contributed by atoms with Crippen LogP contribution in [-0.4, -0.2) is 20.9 Å². The molecular weight excluding hydrogens is 358 g/mol. The van der Waals surface area contributed by atoms with Gasteiger partial charge in [-0.05, 0) is 17.5 Å². The first-order valence-electron chi connectivity index (χ1n) is 7.72. The zero-order chi connectivity index (χ0) is 18.6. The van der Waals surface area contributed by atoms with E-state index < -0.39 is 35.3 Å². The van der Waals surface area contributed by atoms with Crippen molar-refractivity contribution in [1.82, 2.24) is 0 Å². The molecule has 0 radical (unpaired) electrons. The van der Waals surface area contributed by atoms with E-state index >= 15 is 0 Å². The number of rotatable bonds is 7. The van der Waals surface area contributed by atoms with Crippen LogP contribution in [0.2, 0.25) is 0 Å². The molecule has 0 atom stereocenters. The van der Waals surface area contributed by atoms with Crippen LogP contribution in [-0.2, 0) is 31.2 Å². The van der Waals surface area contributed by atoms with E-state index in [9.17, 15) is 22.1 Å². The molecule has 7 heteroatoms. The summed E-state index contributed by atoms with van der Waals surface area (Å²) >= 11 is 0. The molecular formula is C18H19NO4S2. The Labute approximate surface area is 148 Å². The molecule has 0 fully saturated rings. The summed E-state index contributed by atoms with van der Waals surface area (Å²) < 4.78 is 49.2. The molecule has 0 N–H and O–H groups in total. The number of hydrogen-bond donors (Lipinski definition) is 0. The predicted molar refractivity (Wildman–Crippen MR) is 96.8 cm³/mol. The number of sulfone groups is 2. The first kappa shape index (κ1) is 19.2. The van der Waals surface area contributed by atoms with Crippen LogP contribution >= 0.6 is 0 Å². The second-order valence-electron chi connectivity index (χ2n) is 5.71. The van der Waals surface area contributed by atoms with Crippen LogP contribution in [0, 0.1) is 11.3 Å². The van der Waals surface area contributed by atoms with E-state index in [1.165, 1.54) is 6.92 Å². The van der Waals surface area contributed by atoms with Gasteiger partial charge in [-0.15, -0.1) is 0 Å². The zero-order valence-electron chi connectivity index (χ0n) is 13.8. The van der Waals surface area contributed by atoms with Gasteiger partial charge in [-0.1, -0.05) is 67.6 Å². The highest BCUT2D eigenvalue weighted by atomic mass is 32.3. The Kier molecular flexibility index (Phi) is 5.65. The molecule has 0 unspecified atom stereocenters. The predicted octanol–water partition coefficient (Wildman–Crippen LogP) is 2.85. The summed E-state index contributed by atoms with van der Waals surface area (Å²) in [6, 6.07) is 18.1. The lowest BCUT2D eigenvalue weighted by Crippen LogP contribution is -2.46. The van der Waals surface area contributed by atoms with Crippen molar-refractivity contribution in [1.29, 1.82) is 5.26 Å². The van der Waals surface area contributed by atoms with Crippen LogP contribution in [0.1, 0.15) is 24.5 Å². The van der Waals surface area contributed by atoms with Gasteiger partial charge in [-0.3, -0.25) is 0 Å². The van der Waals surface area contributed by atoms with Gasteiger partial charge in [0.25, 0.3) is 4.08 Å². The Bertz CT molecular complexity index is 889. The second kappa shape index (κ2) is 7.38. The molecule has 0 saturated heterocycles. The fourth-order valence-electron chi connectivity index (χ4n) is 2.67. The molecule has 2 rings (SSSR count). The molecule has 25 heavy (non-hydrogen) atoms. The van der Waals surface area contributed by atoms with Gasteiger partial charge >= 0.3 is 0 Å². The minimum Gasteiger partial charge on any atom is -0.226 e. The van der Waals surface area contributed by atoms with E-state index in [4.69, 9.17) is 0 Å². The quantitative estimate of drug-likeness (QED) is 0.740. The number of benzene rings is 2. The van der Waals surface area contributed by atoms with E-state index in [-0.39, 0.29) is 6.42 Å². The fraction of sp³-hybridized carbons (Fsp3) is 0.278. The molecule has 0 aliphatic heterocycles. The number of hydrogen-bond acceptors (Lipinski definition) is 5. The lowest BCUT2D eigenvalue weighted by Gasteiger charge is -2.25. The van der Waals surface area contributed by atoms with Gasteiger partial charge in [0.1, 0.15) is 6.07 Å². The highest BCUT2D eigenvalue weighted by molar-refractivity contribution is 8.10. The van der Waals surface area contributed by atoms with E-state index in [2.05, 4.69) is 0 Å². The van der Waals surface area contributed by atoms with Crippen LogP contribution in [0.25, 0.3) is 0 Å². The van der Waals surface area contributed by atoms with E-state index in [0.29, 0.717) is 11.1 Å². The summed E-state index contributed by atoms with van der Waals surface area (Å²) in [6.07, 6.45) is -0.326. The molecule has 0 aliphatic rings. The standard InChI is InChI=1S/C18H19NO4S2/c1-2-18(15-19,24(20,21)13-16-9-5-3-6-10-16)25(22,23)14-17-11-7-4-8-12-17/h3-12H,2,13-14H2,1H3. The van der Waals surface area contributed by atoms with Gasteiger partial charge in [0.2, 0.25) is 0 Å². The van der Waals surface area contributed by atoms with Crippen molar-refractivity contribution in [3.63, 3.8) is 0 Å². The summed E-state index contributed by atoms with van der Waals surface area (Å²) in [7, 11) is -8.53. The lowest BCUT2D eigenvalue weighted by molar-refractivity contribution is 0.555. The van der Waals surface area contributed by atoms with Crippen LogP contribution in [0.5, 0.6) is 0 Å². The first-order chi connectivity index (χ1) is 11.8. The van der Waals surface area contributed by atoms with E-state index in [1.807, 2.05) is 0 Å². The summed E-state index contributed by atoms with van der Waals surface area (Å²) in [5.74, 6) is -0.994. The number of nitrogens with zero attached hydrogens (tertiary/aromatic N) is 1. The van der Waals surface area contributed by atoms with Crippen molar-refractivity contribution < 1.29 is 16.8 Å². The van der Waals surface area contributed by atoms with Crippen molar-refractivity contribution in [3.8, 4) is 6.07 Å². The van der Waals surface area contributed by atoms with Gasteiger partial charge in [0, 0.05) is 0 Å². The van der Waals surface area contributed by atoms with Crippen molar-refractivity contribution in [2.45, 2.75) is 28.9 Å². The van der Waals surface area contributed by atoms with Crippen molar-refractivity contribution >= 4 is 19.7 Å². The van der Waals surface area contributed by atoms with Gasteiger partial charge in [0.05, 0.1) is 11.5 Å². The Morgan fingerprint density at radius 3 is 1.44 bits per heavy atom. The molecule has 132 valence electrons. The molecule has 0 spiro atoms. The van der Waals surface area contributed by atoms with E-state index in [0.717, 1.165) is 0 Å². The Hall–Kier alpha value is -2.17. The van der Waals surface area contributed by atoms with Crippen LogP contribution < -0.4 is 0 Å². The summed E-state index contributed by atoms with van der Waals surface area (Å²) in [4.78, 5) is 0. The Morgan fingerprint density at radius 1 is 0.800 bits per heavy atom. The fourth-order valence-corrected chi connectivity index (χ4v) is 7.46. The highest BCUT2D eigenvalue weighted by Gasteiger charge is 2.53. The molecule has 0 bridgehead atoms. The van der Waals surface area contributed by atoms with Crippen LogP contribution in [0.3, 0.4) is 0 Å². The smallest absolute Gasteiger partial charge is 0.226 e. The Morgan fingerprint density at radius 2 is 1.16 bits per heavy atom. The number of nitriles is 1. The SMILES string of the molecule is CCC(C#N)(S(=O)(=O)Cc1ccccc1)S(=O)(=O)Cc1ccccc1. The maximum absolute atomic E-state index is 12.9. The maximum Gasteiger partial charge on any atom is 0.258 e. The zero-order valence-corrected chi connectivity index (χ0v) is 15.4. The minimum absolute atomic E-state index is 0.326. The average molecular weight is 377 g/mol. The average Bonchev–Trinajstić information content (AvgIpc) is 2.56. The monoisotopic (exact) mass is 377 g/mol. The van der Waals surface area contributed by atoms with Gasteiger partial charge in [0.15, 0.2) is 19.7 Å². The molecule has 5 nitrogen and oxygen atoms in total. The third-order valence-corrected chi connectivity index (χ3v) is 9.76. The third kappa shape index (κ3) is 3.75. The molecule has 0 heterocycles. The maximum atomic E-state index is 12.9. The summed E-state index contributed by atoms with van der Waals surface area (Å²) in [5.41, 5.74) is 0.899. The van der Waals surface area contributed by atoms with Crippen LogP contribution in [0.4, 0.5) is 0 Å². The molecule has 0 aliphatic carbocycles. The molecule has 0 amide bonds. The van der Waals surface area contributed by atoms with E-state index in [1.54, 1.807) is 66.7 Å². The largest absolute Gasteiger partial charge is 0.258 e. The first-order valence-corrected chi connectivity index (χ1v) is 11.0. The third-order valence-electron chi connectivity index (χ3n) is 4.04. The Balaban J connectivity index is 2.48. The van der Waals surface area contributed by atoms with Crippen LogP contribution in [0.15, 0.2) is 60.7 Å². The normalized spacial score (nSPS) is 12.5. The van der Waals surface area contributed by atoms with Gasteiger partial charge in [-0.2, -0.15) is 5.26 Å². The summed E-state index contributed by atoms with van der Waals surface area (Å²) in [5, 5.41) is 9.60. The lowest BCUT2D eigenvalue weighted by atomic mass is 10.2. The second-order valence-corrected chi connectivity index (χ2v) is 10.4. The summed E-state index contributed by atoms with van der Waals surface area (Å²) in [6.45, 7) is 1.41. The minimum atomic E-state index is -4.26.